The molecule has 2 aromatic heterocycles. The summed E-state index contributed by atoms with van der Waals surface area (Å²) in [5.41, 5.74) is 5.26. The SMILES string of the molecule is CCN(CC)c1cccc(-c2cnc(CNc3ccnc4cc(Cl)ccc34)[nH]2)c1. The molecule has 0 aliphatic rings. The lowest BCUT2D eigenvalue weighted by Crippen LogP contribution is -2.21. The molecule has 2 N–H and O–H groups in total. The van der Waals surface area contributed by atoms with E-state index in [4.69, 9.17) is 11.6 Å². The van der Waals surface area contributed by atoms with Gasteiger partial charge in [0.15, 0.2) is 0 Å². The lowest BCUT2D eigenvalue weighted by atomic mass is 10.1. The molecular weight excluding hydrogens is 382 g/mol. The third-order valence-corrected chi connectivity index (χ3v) is 5.30. The molecule has 2 heterocycles. The molecule has 5 nitrogen and oxygen atoms in total. The first-order valence-electron chi connectivity index (χ1n) is 9.85. The lowest BCUT2D eigenvalue weighted by Gasteiger charge is -2.21. The van der Waals surface area contributed by atoms with E-state index in [1.54, 1.807) is 6.20 Å². The molecule has 0 aliphatic heterocycles. The molecular formula is C23H24ClN5. The van der Waals surface area contributed by atoms with Crippen LogP contribution in [0.3, 0.4) is 0 Å². The molecule has 2 aromatic carbocycles. The molecule has 0 saturated carbocycles. The number of anilines is 2. The molecule has 0 saturated heterocycles. The molecule has 0 fully saturated rings. The molecule has 0 radical (unpaired) electrons. The predicted molar refractivity (Wildman–Crippen MR) is 122 cm³/mol. The van der Waals surface area contributed by atoms with Crippen LogP contribution in [-0.4, -0.2) is 28.0 Å². The molecule has 4 aromatic rings. The Morgan fingerprint density at radius 2 is 1.90 bits per heavy atom. The van der Waals surface area contributed by atoms with Gasteiger partial charge in [-0.05, 0) is 50.2 Å². The molecule has 6 heteroatoms. The molecule has 148 valence electrons. The van der Waals surface area contributed by atoms with Crippen LogP contribution in [0.15, 0.2) is 60.9 Å². The topological polar surface area (TPSA) is 56.8 Å². The summed E-state index contributed by atoms with van der Waals surface area (Å²) in [7, 11) is 0. The highest BCUT2D eigenvalue weighted by atomic mass is 35.5. The minimum Gasteiger partial charge on any atom is -0.377 e. The number of aromatic amines is 1. The van der Waals surface area contributed by atoms with Crippen LogP contribution >= 0.6 is 11.6 Å². The van der Waals surface area contributed by atoms with Gasteiger partial charge in [-0.1, -0.05) is 23.7 Å². The summed E-state index contributed by atoms with van der Waals surface area (Å²) >= 11 is 6.08. The van der Waals surface area contributed by atoms with Gasteiger partial charge in [0, 0.05) is 46.6 Å². The highest BCUT2D eigenvalue weighted by Gasteiger charge is 2.08. The maximum atomic E-state index is 6.08. The maximum Gasteiger partial charge on any atom is 0.125 e. The van der Waals surface area contributed by atoms with Crippen molar-refractivity contribution in [1.29, 1.82) is 0 Å². The predicted octanol–water partition coefficient (Wildman–Crippen LogP) is 5.74. The number of halogens is 1. The number of aromatic nitrogens is 3. The number of rotatable bonds is 7. The van der Waals surface area contributed by atoms with Crippen molar-refractivity contribution in [3.05, 3.63) is 71.8 Å². The van der Waals surface area contributed by atoms with Gasteiger partial charge in [0.05, 0.1) is 24.0 Å². The Balaban J connectivity index is 1.51. The lowest BCUT2D eigenvalue weighted by molar-refractivity contribution is 0.866. The Kier molecular flexibility index (Phi) is 5.67. The smallest absolute Gasteiger partial charge is 0.125 e. The Labute approximate surface area is 175 Å². The third kappa shape index (κ3) is 4.20. The van der Waals surface area contributed by atoms with Crippen LogP contribution in [0.2, 0.25) is 5.02 Å². The zero-order valence-corrected chi connectivity index (χ0v) is 17.4. The standard InChI is InChI=1S/C23H24ClN5/c1-3-29(4-2)18-7-5-6-16(12-18)22-14-27-23(28-22)15-26-20-10-11-25-21-13-17(24)8-9-19(20)21/h5-14H,3-4,15H2,1-2H3,(H,25,26)(H,27,28). The van der Waals surface area contributed by atoms with Crippen molar-refractivity contribution in [3.8, 4) is 11.3 Å². The fraction of sp³-hybridized carbons (Fsp3) is 0.217. The zero-order valence-electron chi connectivity index (χ0n) is 16.6. The van der Waals surface area contributed by atoms with Crippen LogP contribution in [0.4, 0.5) is 11.4 Å². The Bertz CT molecular complexity index is 1120. The molecule has 0 amide bonds. The van der Waals surface area contributed by atoms with Gasteiger partial charge in [-0.25, -0.2) is 4.98 Å². The summed E-state index contributed by atoms with van der Waals surface area (Å²) in [6, 6.07) is 16.3. The number of fused-ring (bicyclic) bond motifs is 1. The Morgan fingerprint density at radius 1 is 1.03 bits per heavy atom. The van der Waals surface area contributed by atoms with Gasteiger partial charge in [-0.15, -0.1) is 0 Å². The molecule has 0 aliphatic carbocycles. The number of benzene rings is 2. The van der Waals surface area contributed by atoms with Crippen molar-refractivity contribution in [2.75, 3.05) is 23.3 Å². The number of nitrogens with zero attached hydrogens (tertiary/aromatic N) is 3. The third-order valence-electron chi connectivity index (χ3n) is 5.07. The summed E-state index contributed by atoms with van der Waals surface area (Å²) in [6.07, 6.45) is 3.68. The second-order valence-electron chi connectivity index (χ2n) is 6.84. The largest absolute Gasteiger partial charge is 0.377 e. The van der Waals surface area contributed by atoms with Gasteiger partial charge in [0.2, 0.25) is 0 Å². The minimum absolute atomic E-state index is 0.595. The van der Waals surface area contributed by atoms with Crippen molar-refractivity contribution in [2.45, 2.75) is 20.4 Å². The van der Waals surface area contributed by atoms with Crippen molar-refractivity contribution in [1.82, 2.24) is 15.0 Å². The summed E-state index contributed by atoms with van der Waals surface area (Å²) in [5.74, 6) is 0.882. The van der Waals surface area contributed by atoms with Gasteiger partial charge < -0.3 is 15.2 Å². The van der Waals surface area contributed by atoms with E-state index < -0.39 is 0 Å². The van der Waals surface area contributed by atoms with E-state index in [0.717, 1.165) is 46.8 Å². The van der Waals surface area contributed by atoms with Gasteiger partial charge in [0.25, 0.3) is 0 Å². The van der Waals surface area contributed by atoms with Crippen LogP contribution in [0.5, 0.6) is 0 Å². The summed E-state index contributed by atoms with van der Waals surface area (Å²) in [5, 5.41) is 5.17. The number of hydrogen-bond acceptors (Lipinski definition) is 4. The van der Waals surface area contributed by atoms with Crippen LogP contribution in [0, 0.1) is 0 Å². The first kappa shape index (κ1) is 19.3. The monoisotopic (exact) mass is 405 g/mol. The number of pyridine rings is 1. The quantitative estimate of drug-likeness (QED) is 0.412. The van der Waals surface area contributed by atoms with Crippen molar-refractivity contribution in [2.24, 2.45) is 0 Å². The molecule has 0 spiro atoms. The average Bonchev–Trinajstić information content (AvgIpc) is 3.22. The first-order valence-corrected chi connectivity index (χ1v) is 10.2. The number of nitrogens with one attached hydrogen (secondary N) is 2. The second-order valence-corrected chi connectivity index (χ2v) is 7.28. The summed E-state index contributed by atoms with van der Waals surface area (Å²) in [6.45, 7) is 6.92. The average molecular weight is 406 g/mol. The van der Waals surface area contributed by atoms with E-state index in [2.05, 4.69) is 63.3 Å². The first-order chi connectivity index (χ1) is 14.2. The van der Waals surface area contributed by atoms with Gasteiger partial charge in [-0.3, -0.25) is 4.98 Å². The van der Waals surface area contributed by atoms with Crippen molar-refractivity contribution in [3.63, 3.8) is 0 Å². The number of imidazole rings is 1. The van der Waals surface area contributed by atoms with E-state index >= 15 is 0 Å². The van der Waals surface area contributed by atoms with E-state index in [1.165, 1.54) is 5.69 Å². The van der Waals surface area contributed by atoms with Crippen LogP contribution in [-0.2, 0) is 6.54 Å². The molecule has 4 rings (SSSR count). The minimum atomic E-state index is 0.595. The van der Waals surface area contributed by atoms with E-state index in [9.17, 15) is 0 Å². The van der Waals surface area contributed by atoms with Crippen LogP contribution < -0.4 is 10.2 Å². The molecule has 0 unspecified atom stereocenters. The highest BCUT2D eigenvalue weighted by Crippen LogP contribution is 2.26. The van der Waals surface area contributed by atoms with Gasteiger partial charge >= 0.3 is 0 Å². The molecule has 29 heavy (non-hydrogen) atoms. The summed E-state index contributed by atoms with van der Waals surface area (Å²) in [4.78, 5) is 14.7. The van der Waals surface area contributed by atoms with Crippen LogP contribution in [0.1, 0.15) is 19.7 Å². The molecule has 0 bridgehead atoms. The fourth-order valence-electron chi connectivity index (χ4n) is 3.51. The number of hydrogen-bond donors (Lipinski definition) is 2. The normalized spacial score (nSPS) is 11.0. The van der Waals surface area contributed by atoms with Crippen molar-refractivity contribution >= 4 is 33.9 Å². The Morgan fingerprint density at radius 3 is 2.72 bits per heavy atom. The Hall–Kier alpha value is -3.05. The fourth-order valence-corrected chi connectivity index (χ4v) is 3.68. The number of H-pyrrole nitrogens is 1. The highest BCUT2D eigenvalue weighted by molar-refractivity contribution is 6.31. The van der Waals surface area contributed by atoms with E-state index in [1.807, 2.05) is 30.5 Å². The second kappa shape index (κ2) is 8.53. The maximum absolute atomic E-state index is 6.08. The van der Waals surface area contributed by atoms with E-state index in [-0.39, 0.29) is 0 Å². The van der Waals surface area contributed by atoms with E-state index in [0.29, 0.717) is 11.6 Å². The molecule has 0 atom stereocenters. The zero-order chi connectivity index (χ0) is 20.2. The van der Waals surface area contributed by atoms with Gasteiger partial charge in [-0.2, -0.15) is 0 Å². The van der Waals surface area contributed by atoms with Crippen LogP contribution in [0.25, 0.3) is 22.2 Å². The summed E-state index contributed by atoms with van der Waals surface area (Å²) < 4.78 is 0. The van der Waals surface area contributed by atoms with Crippen molar-refractivity contribution < 1.29 is 0 Å². The van der Waals surface area contributed by atoms with Gasteiger partial charge in [0.1, 0.15) is 5.82 Å².